The second kappa shape index (κ2) is 5.17. The molecule has 0 aliphatic rings. The molecule has 0 heterocycles. The highest BCUT2D eigenvalue weighted by atomic mass is 27.0. The van der Waals surface area contributed by atoms with Crippen LogP contribution in [0.1, 0.15) is 5.56 Å². The van der Waals surface area contributed by atoms with Crippen molar-refractivity contribution < 1.29 is 0 Å². The molecular formula is C14H13Al. The fraction of sp³-hybridized carbons (Fsp3) is 0.143. The third-order valence-electron chi connectivity index (χ3n) is 2.52. The number of hydrogen-bond acceptors (Lipinski definition) is 0. The van der Waals surface area contributed by atoms with Crippen molar-refractivity contribution in [3.05, 3.63) is 60.2 Å². The van der Waals surface area contributed by atoms with E-state index in [0.717, 1.165) is 11.7 Å². The summed E-state index contributed by atoms with van der Waals surface area (Å²) in [6, 6.07) is 19.2. The molecule has 0 bridgehead atoms. The molecular weight excluding hydrogens is 195 g/mol. The summed E-state index contributed by atoms with van der Waals surface area (Å²) in [5.74, 6) is 0. The lowest BCUT2D eigenvalue weighted by Crippen LogP contribution is -1.89. The first-order valence-electron chi connectivity index (χ1n) is 5.25. The monoisotopic (exact) mass is 208 g/mol. The van der Waals surface area contributed by atoms with Gasteiger partial charge in [0.2, 0.25) is 0 Å². The van der Waals surface area contributed by atoms with Gasteiger partial charge in [0.25, 0.3) is 0 Å². The van der Waals surface area contributed by atoms with Gasteiger partial charge in [-0.15, -0.1) is 5.28 Å². The predicted octanol–water partition coefficient (Wildman–Crippen LogP) is 3.48. The molecule has 0 unspecified atom stereocenters. The van der Waals surface area contributed by atoms with E-state index >= 15 is 0 Å². The maximum Gasteiger partial charge on any atom is 0.118 e. The average molecular weight is 208 g/mol. The van der Waals surface area contributed by atoms with Crippen LogP contribution in [-0.4, -0.2) is 16.3 Å². The van der Waals surface area contributed by atoms with Gasteiger partial charge in [0.1, 0.15) is 16.3 Å². The molecule has 0 aliphatic carbocycles. The maximum atomic E-state index is 2.79. The largest absolute Gasteiger partial charge is 0.118 e. The predicted molar refractivity (Wildman–Crippen MR) is 66.1 cm³/mol. The van der Waals surface area contributed by atoms with Gasteiger partial charge < -0.3 is 0 Å². The molecule has 72 valence electrons. The van der Waals surface area contributed by atoms with Crippen LogP contribution in [0.5, 0.6) is 0 Å². The van der Waals surface area contributed by atoms with E-state index in [2.05, 4.69) is 70.9 Å². The van der Waals surface area contributed by atoms with Gasteiger partial charge in [0.15, 0.2) is 0 Å². The topological polar surface area (TPSA) is 0 Å². The summed E-state index contributed by atoms with van der Waals surface area (Å²) in [5, 5.41) is 1.11. The summed E-state index contributed by atoms with van der Waals surface area (Å²) in [5.41, 5.74) is 4.10. The first-order valence-corrected chi connectivity index (χ1v) is 6.07. The first-order chi connectivity index (χ1) is 7.42. The van der Waals surface area contributed by atoms with E-state index in [0.29, 0.717) is 0 Å². The molecule has 0 spiro atoms. The Morgan fingerprint density at radius 3 is 2.20 bits per heavy atom. The Morgan fingerprint density at radius 2 is 1.47 bits per heavy atom. The van der Waals surface area contributed by atoms with Crippen molar-refractivity contribution >= 4 is 16.3 Å². The van der Waals surface area contributed by atoms with Gasteiger partial charge in [0, 0.05) is 0 Å². The summed E-state index contributed by atoms with van der Waals surface area (Å²) < 4.78 is 0. The van der Waals surface area contributed by atoms with Crippen molar-refractivity contribution in [2.45, 2.75) is 11.7 Å². The molecule has 2 aromatic carbocycles. The lowest BCUT2D eigenvalue weighted by Gasteiger charge is -2.08. The molecule has 0 saturated carbocycles. The van der Waals surface area contributed by atoms with Crippen molar-refractivity contribution in [3.63, 3.8) is 0 Å². The van der Waals surface area contributed by atoms with Crippen LogP contribution in [0.3, 0.4) is 0 Å². The van der Waals surface area contributed by atoms with Crippen molar-refractivity contribution in [1.29, 1.82) is 0 Å². The molecule has 0 aromatic heterocycles. The second-order valence-electron chi connectivity index (χ2n) is 3.56. The number of rotatable bonds is 3. The zero-order valence-corrected chi connectivity index (χ0v) is 9.84. The standard InChI is InChI=1S/C14H13.Al/c1-2-12-8-6-7-11-14(12)13-9-4-3-5-10-13;/h3-11H,1-2H2;. The third-order valence-corrected chi connectivity index (χ3v) is 2.80. The Morgan fingerprint density at radius 1 is 0.800 bits per heavy atom. The molecule has 2 radical (unpaired) electrons. The summed E-state index contributed by atoms with van der Waals surface area (Å²) in [6.45, 7) is 0. The highest BCUT2D eigenvalue weighted by Gasteiger charge is 2.01. The van der Waals surface area contributed by atoms with Gasteiger partial charge in [-0.3, -0.25) is 0 Å². The SMILES string of the molecule is [Al][CH2]Cc1ccccc1-c1ccccc1. The lowest BCUT2D eigenvalue weighted by atomic mass is 9.98. The molecule has 0 nitrogen and oxygen atoms in total. The van der Waals surface area contributed by atoms with E-state index in [-0.39, 0.29) is 0 Å². The van der Waals surface area contributed by atoms with Crippen molar-refractivity contribution in [3.8, 4) is 11.1 Å². The Kier molecular flexibility index (Phi) is 3.61. The van der Waals surface area contributed by atoms with E-state index in [4.69, 9.17) is 0 Å². The summed E-state index contributed by atoms with van der Waals surface area (Å²) in [4.78, 5) is 0. The molecule has 0 saturated heterocycles. The van der Waals surface area contributed by atoms with Gasteiger partial charge in [-0.1, -0.05) is 54.6 Å². The third kappa shape index (κ3) is 2.50. The van der Waals surface area contributed by atoms with Crippen LogP contribution in [0.25, 0.3) is 11.1 Å². The van der Waals surface area contributed by atoms with E-state index in [1.807, 2.05) is 0 Å². The van der Waals surface area contributed by atoms with E-state index in [1.165, 1.54) is 16.7 Å². The molecule has 2 aromatic rings. The van der Waals surface area contributed by atoms with Gasteiger partial charge in [-0.2, -0.15) is 0 Å². The minimum Gasteiger partial charge on any atom is -0.114 e. The van der Waals surface area contributed by atoms with Crippen LogP contribution in [0.4, 0.5) is 0 Å². The maximum absolute atomic E-state index is 2.79. The molecule has 15 heavy (non-hydrogen) atoms. The van der Waals surface area contributed by atoms with Crippen molar-refractivity contribution in [2.24, 2.45) is 0 Å². The zero-order valence-electron chi connectivity index (χ0n) is 8.69. The van der Waals surface area contributed by atoms with Crippen LogP contribution in [0, 0.1) is 0 Å². The first kappa shape index (κ1) is 10.5. The number of aryl methyl sites for hydroxylation is 1. The molecule has 2 rings (SSSR count). The van der Waals surface area contributed by atoms with Crippen LogP contribution >= 0.6 is 0 Å². The fourth-order valence-electron chi connectivity index (χ4n) is 1.79. The summed E-state index contributed by atoms with van der Waals surface area (Å²) in [6.07, 6.45) is 1.12. The lowest BCUT2D eigenvalue weighted by molar-refractivity contribution is 1.14. The Balaban J connectivity index is 2.43. The highest BCUT2D eigenvalue weighted by Crippen LogP contribution is 2.23. The van der Waals surface area contributed by atoms with E-state index < -0.39 is 0 Å². The quantitative estimate of drug-likeness (QED) is 0.677. The zero-order chi connectivity index (χ0) is 10.5. The Hall–Kier alpha value is -1.03. The normalized spacial score (nSPS) is 10.1. The minimum atomic E-state index is 1.11. The molecule has 0 fully saturated rings. The minimum absolute atomic E-state index is 1.11. The smallest absolute Gasteiger partial charge is 0.114 e. The molecule has 0 aliphatic heterocycles. The van der Waals surface area contributed by atoms with Gasteiger partial charge >= 0.3 is 0 Å². The molecule has 0 atom stereocenters. The van der Waals surface area contributed by atoms with E-state index in [9.17, 15) is 0 Å². The van der Waals surface area contributed by atoms with Gasteiger partial charge in [-0.05, 0) is 23.1 Å². The van der Waals surface area contributed by atoms with Gasteiger partial charge in [0.05, 0.1) is 0 Å². The second-order valence-corrected chi connectivity index (χ2v) is 4.14. The van der Waals surface area contributed by atoms with E-state index in [1.54, 1.807) is 0 Å². The fourth-order valence-corrected chi connectivity index (χ4v) is 2.10. The van der Waals surface area contributed by atoms with Crippen molar-refractivity contribution in [2.75, 3.05) is 0 Å². The van der Waals surface area contributed by atoms with Crippen LogP contribution in [0.2, 0.25) is 5.28 Å². The van der Waals surface area contributed by atoms with Crippen LogP contribution in [-0.2, 0) is 6.42 Å². The number of hydrogen-bond donors (Lipinski definition) is 0. The van der Waals surface area contributed by atoms with Crippen LogP contribution in [0.15, 0.2) is 54.6 Å². The molecule has 0 N–H and O–H groups in total. The average Bonchev–Trinajstić information content (AvgIpc) is 2.31. The van der Waals surface area contributed by atoms with Gasteiger partial charge in [-0.25, -0.2) is 0 Å². The Labute approximate surface area is 99.4 Å². The Bertz CT molecular complexity index is 420. The molecule has 1 heteroatoms. The van der Waals surface area contributed by atoms with Crippen molar-refractivity contribution in [1.82, 2.24) is 0 Å². The highest BCUT2D eigenvalue weighted by molar-refractivity contribution is 6.08. The summed E-state index contributed by atoms with van der Waals surface area (Å²) in [7, 11) is 0. The summed E-state index contributed by atoms with van der Waals surface area (Å²) >= 11 is 2.79. The van der Waals surface area contributed by atoms with Crippen LogP contribution < -0.4 is 0 Å². The number of benzene rings is 2. The molecule has 0 amide bonds.